The van der Waals surface area contributed by atoms with E-state index in [1.807, 2.05) is 39.0 Å². The van der Waals surface area contributed by atoms with Crippen LogP contribution in [0.5, 0.6) is 5.75 Å². The fraction of sp³-hybridized carbons (Fsp3) is 0.269. The number of rotatable bonds is 5. The zero-order valence-electron chi connectivity index (χ0n) is 18.9. The second-order valence-electron chi connectivity index (χ2n) is 8.28. The van der Waals surface area contributed by atoms with Crippen molar-refractivity contribution in [1.82, 2.24) is 4.98 Å². The summed E-state index contributed by atoms with van der Waals surface area (Å²) >= 11 is 0. The van der Waals surface area contributed by atoms with Gasteiger partial charge < -0.3 is 10.5 Å². The minimum Gasteiger partial charge on any atom is -0.491 e. The van der Waals surface area contributed by atoms with E-state index in [-0.39, 0.29) is 17.0 Å². The number of nitrogens with two attached hydrogens (primary N) is 1. The molecule has 1 aliphatic heterocycles. The Morgan fingerprint density at radius 2 is 1.94 bits per heavy atom. The predicted octanol–water partition coefficient (Wildman–Crippen LogP) is 4.21. The highest BCUT2D eigenvalue weighted by Gasteiger charge is 2.29. The van der Waals surface area contributed by atoms with Crippen LogP contribution in [0.1, 0.15) is 54.1 Å². The average Bonchev–Trinajstić information content (AvgIpc) is 2.96. The van der Waals surface area contributed by atoms with E-state index < -0.39 is 12.6 Å². The lowest BCUT2D eigenvalue weighted by Gasteiger charge is -2.21. The Morgan fingerprint density at radius 1 is 1.15 bits per heavy atom. The minimum atomic E-state index is -0.779. The summed E-state index contributed by atoms with van der Waals surface area (Å²) in [6.07, 6.45) is 2.15. The fourth-order valence-electron chi connectivity index (χ4n) is 4.27. The third kappa shape index (κ3) is 4.18. The molecule has 2 aromatic carbocycles. The molecule has 0 fully saturated rings. The predicted molar refractivity (Wildman–Crippen MR) is 125 cm³/mol. The quantitative estimate of drug-likeness (QED) is 0.635. The molecule has 2 amide bonds. The molecule has 0 spiro atoms. The molecule has 7 heteroatoms. The average molecular weight is 448 g/mol. The van der Waals surface area contributed by atoms with Crippen LogP contribution in [0.15, 0.2) is 42.6 Å². The summed E-state index contributed by atoms with van der Waals surface area (Å²) in [5.41, 5.74) is 10.8. The van der Waals surface area contributed by atoms with Crippen molar-refractivity contribution in [2.75, 3.05) is 18.1 Å². The van der Waals surface area contributed by atoms with E-state index >= 15 is 0 Å². The third-order valence-corrected chi connectivity index (χ3v) is 6.20. The molecular formula is C26H26FN3O3. The molecule has 1 aliphatic rings. The van der Waals surface area contributed by atoms with Crippen molar-refractivity contribution in [3.05, 3.63) is 87.1 Å². The van der Waals surface area contributed by atoms with Crippen molar-refractivity contribution in [1.29, 1.82) is 0 Å². The van der Waals surface area contributed by atoms with E-state index in [9.17, 15) is 14.0 Å². The van der Waals surface area contributed by atoms with Gasteiger partial charge in [-0.05, 0) is 78.8 Å². The lowest BCUT2D eigenvalue weighted by Crippen LogP contribution is -2.33. The summed E-state index contributed by atoms with van der Waals surface area (Å²) in [6.45, 7) is 5.83. The summed E-state index contributed by atoms with van der Waals surface area (Å²) in [5.74, 6) is 0.389. The number of ether oxygens (including phenoxy) is 1. The molecule has 0 atom stereocenters. The molecule has 3 aromatic rings. The smallest absolute Gasteiger partial charge is 0.263 e. The van der Waals surface area contributed by atoms with Gasteiger partial charge in [0, 0.05) is 11.8 Å². The van der Waals surface area contributed by atoms with Crippen LogP contribution in [0.3, 0.4) is 0 Å². The van der Waals surface area contributed by atoms with Gasteiger partial charge in [0.15, 0.2) is 0 Å². The number of alkyl halides is 1. The van der Waals surface area contributed by atoms with Crippen LogP contribution in [0.4, 0.5) is 10.2 Å². The van der Waals surface area contributed by atoms with E-state index in [1.54, 1.807) is 29.3 Å². The second-order valence-corrected chi connectivity index (χ2v) is 8.28. The summed E-state index contributed by atoms with van der Waals surface area (Å²) in [4.78, 5) is 31.2. The topological polar surface area (TPSA) is 85.5 Å². The SMILES string of the molecule is Cc1cccnc1N1CCOc2c(cc(Cc3ccc(C(N)=O)c(CF)c3)c(C)c2C)C1=O. The van der Waals surface area contributed by atoms with Crippen molar-refractivity contribution < 1.29 is 18.7 Å². The van der Waals surface area contributed by atoms with Crippen molar-refractivity contribution in [3.8, 4) is 5.75 Å². The number of carbonyl (C=O) groups excluding carboxylic acids is 2. The van der Waals surface area contributed by atoms with Gasteiger partial charge in [0.2, 0.25) is 5.91 Å². The van der Waals surface area contributed by atoms with Gasteiger partial charge in [-0.25, -0.2) is 9.37 Å². The van der Waals surface area contributed by atoms with Crippen molar-refractivity contribution in [3.63, 3.8) is 0 Å². The van der Waals surface area contributed by atoms with Crippen LogP contribution in [0.25, 0.3) is 0 Å². The lowest BCUT2D eigenvalue weighted by atomic mass is 9.92. The van der Waals surface area contributed by atoms with Crippen molar-refractivity contribution in [2.24, 2.45) is 5.73 Å². The molecule has 0 bridgehead atoms. The summed E-state index contributed by atoms with van der Waals surface area (Å²) in [5, 5.41) is 0. The molecule has 1 aromatic heterocycles. The van der Waals surface area contributed by atoms with Gasteiger partial charge in [0.25, 0.3) is 5.91 Å². The Bertz CT molecular complexity index is 1260. The van der Waals surface area contributed by atoms with Gasteiger partial charge in [-0.2, -0.15) is 0 Å². The molecule has 0 saturated heterocycles. The molecule has 0 radical (unpaired) electrons. The first-order chi connectivity index (χ1) is 15.8. The first kappa shape index (κ1) is 22.5. The first-order valence-electron chi connectivity index (χ1n) is 10.8. The second kappa shape index (κ2) is 9.02. The number of hydrogen-bond donors (Lipinski definition) is 1. The highest BCUT2D eigenvalue weighted by Crippen LogP contribution is 2.34. The van der Waals surface area contributed by atoms with Gasteiger partial charge in [0.05, 0.1) is 12.1 Å². The molecule has 0 aliphatic carbocycles. The maximum absolute atomic E-state index is 13.6. The molecule has 2 heterocycles. The minimum absolute atomic E-state index is 0.165. The van der Waals surface area contributed by atoms with Gasteiger partial charge in [-0.1, -0.05) is 18.2 Å². The fourth-order valence-corrected chi connectivity index (χ4v) is 4.27. The van der Waals surface area contributed by atoms with Crippen LogP contribution in [0.2, 0.25) is 0 Å². The number of halogens is 1. The van der Waals surface area contributed by atoms with E-state index in [2.05, 4.69) is 4.98 Å². The number of hydrogen-bond acceptors (Lipinski definition) is 4. The number of nitrogens with zero attached hydrogens (tertiary/aromatic N) is 2. The number of aryl methyl sites for hydroxylation is 1. The van der Waals surface area contributed by atoms with E-state index in [4.69, 9.17) is 10.5 Å². The molecule has 0 saturated carbocycles. The zero-order valence-corrected chi connectivity index (χ0v) is 18.9. The summed E-state index contributed by atoms with van der Waals surface area (Å²) in [6, 6.07) is 10.6. The number of pyridine rings is 1. The summed E-state index contributed by atoms with van der Waals surface area (Å²) in [7, 11) is 0. The van der Waals surface area contributed by atoms with Crippen molar-refractivity contribution in [2.45, 2.75) is 33.9 Å². The van der Waals surface area contributed by atoms with Crippen LogP contribution in [-0.2, 0) is 13.1 Å². The Labute approximate surface area is 192 Å². The monoisotopic (exact) mass is 447 g/mol. The number of benzene rings is 2. The van der Waals surface area contributed by atoms with Gasteiger partial charge in [-0.3, -0.25) is 14.5 Å². The molecular weight excluding hydrogens is 421 g/mol. The van der Waals surface area contributed by atoms with Crippen LogP contribution < -0.4 is 15.4 Å². The van der Waals surface area contributed by atoms with Gasteiger partial charge in [0.1, 0.15) is 24.8 Å². The van der Waals surface area contributed by atoms with E-state index in [0.717, 1.165) is 27.8 Å². The number of fused-ring (bicyclic) bond motifs is 1. The summed E-state index contributed by atoms with van der Waals surface area (Å²) < 4.78 is 19.5. The van der Waals surface area contributed by atoms with E-state index in [0.29, 0.717) is 36.7 Å². The maximum Gasteiger partial charge on any atom is 0.263 e. The molecule has 0 unspecified atom stereocenters. The lowest BCUT2D eigenvalue weighted by molar-refractivity contribution is 0.0984. The molecule has 6 nitrogen and oxygen atoms in total. The van der Waals surface area contributed by atoms with Crippen molar-refractivity contribution >= 4 is 17.6 Å². The first-order valence-corrected chi connectivity index (χ1v) is 10.8. The van der Waals surface area contributed by atoms with Crippen LogP contribution in [0, 0.1) is 20.8 Å². The maximum atomic E-state index is 13.6. The molecule has 33 heavy (non-hydrogen) atoms. The highest BCUT2D eigenvalue weighted by molar-refractivity contribution is 6.08. The normalized spacial score (nSPS) is 13.3. The van der Waals surface area contributed by atoms with Crippen LogP contribution in [-0.4, -0.2) is 29.9 Å². The molecule has 2 N–H and O–H groups in total. The largest absolute Gasteiger partial charge is 0.491 e. The third-order valence-electron chi connectivity index (χ3n) is 6.20. The standard InChI is InChI=1S/C26H26FN3O3/c1-15-5-4-8-29-25(15)30-9-10-33-23-17(3)16(2)19(13-22(23)26(30)32)11-18-6-7-21(24(28)31)20(12-18)14-27/h4-8,12-13H,9-11,14H2,1-3H3,(H2,28,31). The van der Waals surface area contributed by atoms with Crippen LogP contribution >= 0.6 is 0 Å². The number of anilines is 1. The molecule has 4 rings (SSSR count). The number of carbonyl (C=O) groups is 2. The zero-order chi connectivity index (χ0) is 23.7. The Morgan fingerprint density at radius 3 is 2.64 bits per heavy atom. The Hall–Kier alpha value is -3.74. The Balaban J connectivity index is 1.75. The number of amides is 2. The number of aromatic nitrogens is 1. The van der Waals surface area contributed by atoms with E-state index in [1.165, 1.54) is 0 Å². The van der Waals surface area contributed by atoms with Gasteiger partial charge in [-0.15, -0.1) is 0 Å². The van der Waals surface area contributed by atoms with Gasteiger partial charge >= 0.3 is 0 Å². The Kier molecular flexibility index (Phi) is 6.14. The highest BCUT2D eigenvalue weighted by atomic mass is 19.1. The molecule has 170 valence electrons. The number of primary amides is 1.